The van der Waals surface area contributed by atoms with Gasteiger partial charge in [0.05, 0.1) is 6.10 Å². The zero-order valence-electron chi connectivity index (χ0n) is 11.9. The Morgan fingerprint density at radius 1 is 1.37 bits per heavy atom. The van der Waals surface area contributed by atoms with Crippen LogP contribution in [0.1, 0.15) is 51.0 Å². The highest BCUT2D eigenvalue weighted by Gasteiger charge is 2.55. The number of thiophene rings is 1. The Kier molecular flexibility index (Phi) is 4.25. The molecule has 2 unspecified atom stereocenters. The van der Waals surface area contributed by atoms with Crippen LogP contribution in [0.2, 0.25) is 0 Å². The van der Waals surface area contributed by atoms with Crippen LogP contribution in [0.3, 0.4) is 0 Å². The van der Waals surface area contributed by atoms with Gasteiger partial charge in [-0.3, -0.25) is 0 Å². The summed E-state index contributed by atoms with van der Waals surface area (Å²) < 4.78 is 6.00. The minimum absolute atomic E-state index is 0.449. The molecule has 0 aliphatic heterocycles. The summed E-state index contributed by atoms with van der Waals surface area (Å²) in [7, 11) is 0. The monoisotopic (exact) mass is 279 g/mol. The Hall–Kier alpha value is -0.380. The van der Waals surface area contributed by atoms with Crippen LogP contribution in [0.15, 0.2) is 16.8 Å². The molecule has 2 aliphatic rings. The van der Waals surface area contributed by atoms with Crippen LogP contribution in [0.25, 0.3) is 0 Å². The highest BCUT2D eigenvalue weighted by atomic mass is 32.1. The summed E-state index contributed by atoms with van der Waals surface area (Å²) in [5.41, 5.74) is 1.88. The van der Waals surface area contributed by atoms with Crippen LogP contribution >= 0.6 is 11.3 Å². The Labute approximate surface area is 120 Å². The quantitative estimate of drug-likeness (QED) is 0.880. The molecule has 1 spiro atoms. The third-order valence-corrected chi connectivity index (χ3v) is 5.80. The summed E-state index contributed by atoms with van der Waals surface area (Å²) in [5, 5.41) is 8.21. The van der Waals surface area contributed by atoms with E-state index in [0.29, 0.717) is 17.6 Å². The fraction of sp³-hybridized carbons (Fsp3) is 0.750. The second kappa shape index (κ2) is 5.94. The third kappa shape index (κ3) is 2.61. The van der Waals surface area contributed by atoms with Gasteiger partial charge in [0.2, 0.25) is 0 Å². The molecule has 1 heterocycles. The van der Waals surface area contributed by atoms with Gasteiger partial charge in [-0.2, -0.15) is 11.3 Å². The van der Waals surface area contributed by atoms with E-state index in [-0.39, 0.29) is 0 Å². The molecule has 2 fully saturated rings. The standard InChI is InChI=1S/C16H25NOS/c1-2-18-15-10-14(16(15)7-4-3-5-8-16)17-11-13-6-9-19-12-13/h6,9,12,14-15,17H,2-5,7-8,10-11H2,1H3. The summed E-state index contributed by atoms with van der Waals surface area (Å²) in [6, 6.07) is 2.90. The first-order valence-electron chi connectivity index (χ1n) is 7.71. The van der Waals surface area contributed by atoms with Crippen molar-refractivity contribution in [1.29, 1.82) is 0 Å². The van der Waals surface area contributed by atoms with Crippen LogP contribution in [-0.2, 0) is 11.3 Å². The molecule has 2 aliphatic carbocycles. The molecule has 1 aromatic heterocycles. The zero-order chi connectivity index (χ0) is 13.1. The van der Waals surface area contributed by atoms with Gasteiger partial charge in [0.1, 0.15) is 0 Å². The maximum absolute atomic E-state index is 6.00. The van der Waals surface area contributed by atoms with E-state index < -0.39 is 0 Å². The summed E-state index contributed by atoms with van der Waals surface area (Å²) in [5.74, 6) is 0. The molecule has 19 heavy (non-hydrogen) atoms. The molecule has 2 saturated carbocycles. The van der Waals surface area contributed by atoms with Gasteiger partial charge in [0.25, 0.3) is 0 Å². The largest absolute Gasteiger partial charge is 0.378 e. The van der Waals surface area contributed by atoms with E-state index in [1.807, 2.05) is 0 Å². The maximum atomic E-state index is 6.00. The van der Waals surface area contributed by atoms with Crippen molar-refractivity contribution in [2.75, 3.05) is 6.61 Å². The number of ether oxygens (including phenoxy) is 1. The minimum atomic E-state index is 0.449. The molecule has 1 aromatic rings. The molecule has 106 valence electrons. The van der Waals surface area contributed by atoms with E-state index >= 15 is 0 Å². The highest BCUT2D eigenvalue weighted by Crippen LogP contribution is 2.53. The second-order valence-electron chi connectivity index (χ2n) is 6.04. The van der Waals surface area contributed by atoms with Crippen LogP contribution < -0.4 is 5.32 Å². The average Bonchev–Trinajstić information content (AvgIpc) is 2.96. The van der Waals surface area contributed by atoms with Crippen molar-refractivity contribution in [2.24, 2.45) is 5.41 Å². The summed E-state index contributed by atoms with van der Waals surface area (Å²) in [6.07, 6.45) is 8.63. The summed E-state index contributed by atoms with van der Waals surface area (Å²) in [6.45, 7) is 4.01. The fourth-order valence-corrected chi connectivity index (χ4v) is 4.65. The van der Waals surface area contributed by atoms with Crippen molar-refractivity contribution in [3.8, 4) is 0 Å². The Morgan fingerprint density at radius 3 is 2.89 bits per heavy atom. The molecular formula is C16H25NOS. The molecule has 0 bridgehead atoms. The van der Waals surface area contributed by atoms with Crippen molar-refractivity contribution < 1.29 is 4.74 Å². The van der Waals surface area contributed by atoms with Crippen molar-refractivity contribution in [3.05, 3.63) is 22.4 Å². The van der Waals surface area contributed by atoms with Gasteiger partial charge < -0.3 is 10.1 Å². The molecule has 0 aromatic carbocycles. The first-order valence-corrected chi connectivity index (χ1v) is 8.65. The van der Waals surface area contributed by atoms with Crippen LogP contribution in [0.5, 0.6) is 0 Å². The molecule has 3 rings (SSSR count). The van der Waals surface area contributed by atoms with Gasteiger partial charge in [-0.25, -0.2) is 0 Å². The SMILES string of the molecule is CCOC1CC(NCc2ccsc2)C12CCCCC2. The van der Waals surface area contributed by atoms with E-state index in [1.54, 1.807) is 11.3 Å². The third-order valence-electron chi connectivity index (χ3n) is 5.07. The van der Waals surface area contributed by atoms with E-state index in [1.165, 1.54) is 44.1 Å². The summed E-state index contributed by atoms with van der Waals surface area (Å²) in [4.78, 5) is 0. The smallest absolute Gasteiger partial charge is 0.0661 e. The Balaban J connectivity index is 1.61. The molecular weight excluding hydrogens is 254 g/mol. The molecule has 2 nitrogen and oxygen atoms in total. The lowest BCUT2D eigenvalue weighted by atomic mass is 9.55. The maximum Gasteiger partial charge on any atom is 0.0661 e. The van der Waals surface area contributed by atoms with Crippen molar-refractivity contribution in [1.82, 2.24) is 5.32 Å². The fourth-order valence-electron chi connectivity index (χ4n) is 3.98. The van der Waals surface area contributed by atoms with Crippen LogP contribution in [0, 0.1) is 5.41 Å². The Bertz CT molecular complexity index is 383. The van der Waals surface area contributed by atoms with Gasteiger partial charge in [-0.05, 0) is 48.6 Å². The first kappa shape index (κ1) is 13.6. The van der Waals surface area contributed by atoms with Gasteiger partial charge >= 0.3 is 0 Å². The van der Waals surface area contributed by atoms with E-state index in [9.17, 15) is 0 Å². The van der Waals surface area contributed by atoms with Crippen LogP contribution in [-0.4, -0.2) is 18.8 Å². The highest BCUT2D eigenvalue weighted by molar-refractivity contribution is 7.07. The molecule has 3 heteroatoms. The molecule has 0 saturated heterocycles. The zero-order valence-corrected chi connectivity index (χ0v) is 12.7. The topological polar surface area (TPSA) is 21.3 Å². The van der Waals surface area contributed by atoms with Gasteiger partial charge in [-0.1, -0.05) is 19.3 Å². The molecule has 0 amide bonds. The van der Waals surface area contributed by atoms with Gasteiger partial charge in [0.15, 0.2) is 0 Å². The number of hydrogen-bond donors (Lipinski definition) is 1. The normalized spacial score (nSPS) is 29.3. The Morgan fingerprint density at radius 2 is 2.21 bits per heavy atom. The second-order valence-corrected chi connectivity index (χ2v) is 6.82. The van der Waals surface area contributed by atoms with Crippen LogP contribution in [0.4, 0.5) is 0 Å². The number of hydrogen-bond acceptors (Lipinski definition) is 3. The molecule has 0 radical (unpaired) electrons. The number of nitrogens with one attached hydrogen (secondary N) is 1. The van der Waals surface area contributed by atoms with Crippen molar-refractivity contribution in [2.45, 2.75) is 64.1 Å². The van der Waals surface area contributed by atoms with E-state index in [4.69, 9.17) is 4.74 Å². The lowest BCUT2D eigenvalue weighted by Crippen LogP contribution is -2.64. The predicted octanol–water partition coefficient (Wildman–Crippen LogP) is 3.97. The number of rotatable bonds is 5. The predicted molar refractivity (Wildman–Crippen MR) is 80.5 cm³/mol. The van der Waals surface area contributed by atoms with E-state index in [2.05, 4.69) is 29.1 Å². The summed E-state index contributed by atoms with van der Waals surface area (Å²) >= 11 is 1.79. The lowest BCUT2D eigenvalue weighted by molar-refractivity contribution is -0.150. The molecule has 2 atom stereocenters. The average molecular weight is 279 g/mol. The minimum Gasteiger partial charge on any atom is -0.378 e. The van der Waals surface area contributed by atoms with E-state index in [0.717, 1.165) is 13.2 Å². The van der Waals surface area contributed by atoms with Crippen molar-refractivity contribution in [3.63, 3.8) is 0 Å². The van der Waals surface area contributed by atoms with Gasteiger partial charge in [-0.15, -0.1) is 0 Å². The van der Waals surface area contributed by atoms with Crippen molar-refractivity contribution >= 4 is 11.3 Å². The molecule has 1 N–H and O–H groups in total. The lowest BCUT2D eigenvalue weighted by Gasteiger charge is -2.58. The van der Waals surface area contributed by atoms with Gasteiger partial charge in [0, 0.05) is 24.6 Å². The first-order chi connectivity index (χ1) is 9.35.